The maximum Gasteiger partial charge on any atom is 0.304 e. The highest BCUT2D eigenvalue weighted by Gasteiger charge is 2.29. The fourth-order valence-corrected chi connectivity index (χ4v) is 3.70. The predicted molar refractivity (Wildman–Crippen MR) is 91.4 cm³/mol. The highest BCUT2D eigenvalue weighted by molar-refractivity contribution is 7.90. The first-order valence-corrected chi connectivity index (χ1v) is 9.35. The first-order valence-electron chi connectivity index (χ1n) is 7.96. The number of para-hydroxylation sites is 1. The number of hydrogen-bond donors (Lipinski definition) is 0. The molecule has 0 bridgehead atoms. The number of carbonyl (C=O) groups is 1. The molecule has 0 aliphatic carbocycles. The Labute approximate surface area is 138 Å². The summed E-state index contributed by atoms with van der Waals surface area (Å²) >= 11 is 0. The molecule has 1 amide bonds. The molecule has 0 saturated carbocycles. The molecule has 0 N–H and O–H groups in total. The van der Waals surface area contributed by atoms with Crippen LogP contribution in [0.5, 0.6) is 0 Å². The largest absolute Gasteiger partial charge is 0.341 e. The van der Waals surface area contributed by atoms with Gasteiger partial charge in [-0.05, 0) is 25.0 Å². The highest BCUT2D eigenvalue weighted by atomic mass is 32.2. The van der Waals surface area contributed by atoms with Crippen molar-refractivity contribution < 1.29 is 13.2 Å². The number of anilines is 1. The lowest BCUT2D eigenvalue weighted by Gasteiger charge is -2.29. The Balaban J connectivity index is 2.23. The summed E-state index contributed by atoms with van der Waals surface area (Å²) in [5, 5.41) is 0. The molecule has 23 heavy (non-hydrogen) atoms. The van der Waals surface area contributed by atoms with Gasteiger partial charge in [0.2, 0.25) is 5.91 Å². The van der Waals surface area contributed by atoms with E-state index in [1.807, 2.05) is 6.07 Å². The van der Waals surface area contributed by atoms with E-state index in [4.69, 9.17) is 0 Å². The normalized spacial score (nSPS) is 16.2. The van der Waals surface area contributed by atoms with Crippen molar-refractivity contribution in [3.05, 3.63) is 30.3 Å². The van der Waals surface area contributed by atoms with Gasteiger partial charge < -0.3 is 4.90 Å². The SMILES string of the molecule is CN(C)S(=O)(=O)N(CC(=O)N1CCCCCC1)c1ccccc1. The van der Waals surface area contributed by atoms with Crippen LogP contribution in [0.1, 0.15) is 25.7 Å². The van der Waals surface area contributed by atoms with Gasteiger partial charge >= 0.3 is 10.2 Å². The maximum absolute atomic E-state index is 12.6. The van der Waals surface area contributed by atoms with Crippen molar-refractivity contribution in [3.8, 4) is 0 Å². The number of nitrogens with zero attached hydrogens (tertiary/aromatic N) is 3. The molecule has 0 spiro atoms. The fourth-order valence-electron chi connectivity index (χ4n) is 2.64. The Morgan fingerprint density at radius 2 is 1.61 bits per heavy atom. The van der Waals surface area contributed by atoms with Crippen LogP contribution in [0.2, 0.25) is 0 Å². The van der Waals surface area contributed by atoms with Crippen molar-refractivity contribution in [2.45, 2.75) is 25.7 Å². The van der Waals surface area contributed by atoms with E-state index in [9.17, 15) is 13.2 Å². The summed E-state index contributed by atoms with van der Waals surface area (Å²) < 4.78 is 27.5. The molecule has 7 heteroatoms. The van der Waals surface area contributed by atoms with Crippen LogP contribution < -0.4 is 4.31 Å². The molecule has 1 fully saturated rings. The van der Waals surface area contributed by atoms with Crippen LogP contribution in [0.15, 0.2) is 30.3 Å². The molecule has 1 aliphatic rings. The predicted octanol–water partition coefficient (Wildman–Crippen LogP) is 1.70. The van der Waals surface area contributed by atoms with Gasteiger partial charge in [0.05, 0.1) is 5.69 Å². The van der Waals surface area contributed by atoms with Gasteiger partial charge in [0.25, 0.3) is 0 Å². The van der Waals surface area contributed by atoms with Crippen molar-refractivity contribution in [3.63, 3.8) is 0 Å². The minimum Gasteiger partial charge on any atom is -0.341 e. The third-order valence-corrected chi connectivity index (χ3v) is 5.84. The standard InChI is InChI=1S/C16H25N3O3S/c1-17(2)23(21,22)19(15-10-6-5-7-11-15)14-16(20)18-12-8-3-4-9-13-18/h5-7,10-11H,3-4,8-9,12-14H2,1-2H3. The second-order valence-electron chi connectivity index (χ2n) is 5.93. The minimum absolute atomic E-state index is 0.138. The summed E-state index contributed by atoms with van der Waals surface area (Å²) in [6.07, 6.45) is 4.22. The van der Waals surface area contributed by atoms with Crippen LogP contribution in [-0.4, -0.2) is 57.3 Å². The molecule has 1 aliphatic heterocycles. The molecular weight excluding hydrogens is 314 g/mol. The summed E-state index contributed by atoms with van der Waals surface area (Å²) in [6.45, 7) is 1.26. The Bertz CT molecular complexity index is 609. The van der Waals surface area contributed by atoms with Crippen molar-refractivity contribution in [1.29, 1.82) is 0 Å². The van der Waals surface area contributed by atoms with Crippen molar-refractivity contribution in [2.24, 2.45) is 0 Å². The number of benzene rings is 1. The Hall–Kier alpha value is -1.60. The lowest BCUT2D eigenvalue weighted by molar-refractivity contribution is -0.129. The van der Waals surface area contributed by atoms with Gasteiger partial charge in [-0.3, -0.25) is 4.79 Å². The van der Waals surface area contributed by atoms with Crippen LogP contribution in [0.3, 0.4) is 0 Å². The first-order chi connectivity index (χ1) is 10.9. The second-order valence-corrected chi connectivity index (χ2v) is 7.99. The monoisotopic (exact) mass is 339 g/mol. The summed E-state index contributed by atoms with van der Waals surface area (Å²) in [5.74, 6) is -0.138. The first kappa shape index (κ1) is 17.7. The second kappa shape index (κ2) is 7.79. The number of rotatable bonds is 5. The molecule has 0 unspecified atom stereocenters. The summed E-state index contributed by atoms with van der Waals surface area (Å²) in [4.78, 5) is 14.4. The lowest BCUT2D eigenvalue weighted by atomic mass is 10.2. The van der Waals surface area contributed by atoms with Gasteiger partial charge in [-0.1, -0.05) is 31.0 Å². The van der Waals surface area contributed by atoms with E-state index in [-0.39, 0.29) is 12.5 Å². The molecule has 0 atom stereocenters. The number of carbonyl (C=O) groups excluding carboxylic acids is 1. The summed E-state index contributed by atoms with van der Waals surface area (Å²) in [7, 11) is -0.768. The molecule has 0 radical (unpaired) electrons. The van der Waals surface area contributed by atoms with Gasteiger partial charge in [0, 0.05) is 27.2 Å². The zero-order valence-corrected chi connectivity index (χ0v) is 14.6. The van der Waals surface area contributed by atoms with Gasteiger partial charge in [-0.25, -0.2) is 4.31 Å². The Kier molecular flexibility index (Phi) is 6.01. The van der Waals surface area contributed by atoms with Crippen LogP contribution in [0.4, 0.5) is 5.69 Å². The maximum atomic E-state index is 12.6. The quantitative estimate of drug-likeness (QED) is 0.820. The van der Waals surface area contributed by atoms with E-state index in [0.717, 1.165) is 30.0 Å². The topological polar surface area (TPSA) is 60.9 Å². The molecule has 1 aromatic carbocycles. The zero-order valence-electron chi connectivity index (χ0n) is 13.8. The molecule has 1 heterocycles. The van der Waals surface area contributed by atoms with Crippen LogP contribution in [0, 0.1) is 0 Å². The number of likely N-dealkylation sites (tertiary alicyclic amines) is 1. The molecule has 1 saturated heterocycles. The van der Waals surface area contributed by atoms with Gasteiger partial charge in [0.1, 0.15) is 6.54 Å². The van der Waals surface area contributed by atoms with E-state index in [2.05, 4.69) is 0 Å². The fraction of sp³-hybridized carbons (Fsp3) is 0.562. The molecule has 2 rings (SSSR count). The summed E-state index contributed by atoms with van der Waals surface area (Å²) in [5.41, 5.74) is 0.504. The molecule has 128 valence electrons. The third-order valence-electron chi connectivity index (χ3n) is 4.02. The molecular formula is C16H25N3O3S. The molecule has 0 aromatic heterocycles. The van der Waals surface area contributed by atoms with Crippen molar-refractivity contribution >= 4 is 21.8 Å². The van der Waals surface area contributed by atoms with Gasteiger partial charge in [-0.15, -0.1) is 0 Å². The minimum atomic E-state index is -3.72. The van der Waals surface area contributed by atoms with E-state index in [1.54, 1.807) is 29.2 Å². The molecule has 1 aromatic rings. The van der Waals surface area contributed by atoms with Gasteiger partial charge in [-0.2, -0.15) is 12.7 Å². The Morgan fingerprint density at radius 1 is 1.04 bits per heavy atom. The van der Waals surface area contributed by atoms with Crippen molar-refractivity contribution in [2.75, 3.05) is 38.0 Å². The lowest BCUT2D eigenvalue weighted by Crippen LogP contribution is -2.47. The highest BCUT2D eigenvalue weighted by Crippen LogP contribution is 2.19. The van der Waals surface area contributed by atoms with E-state index in [1.165, 1.54) is 18.4 Å². The third kappa shape index (κ3) is 4.45. The van der Waals surface area contributed by atoms with E-state index < -0.39 is 10.2 Å². The average Bonchev–Trinajstić information content (AvgIpc) is 2.82. The smallest absolute Gasteiger partial charge is 0.304 e. The van der Waals surface area contributed by atoms with Crippen LogP contribution in [-0.2, 0) is 15.0 Å². The summed E-state index contributed by atoms with van der Waals surface area (Å²) in [6, 6.07) is 8.77. The average molecular weight is 339 g/mol. The van der Waals surface area contributed by atoms with Gasteiger partial charge in [0.15, 0.2) is 0 Å². The van der Waals surface area contributed by atoms with Crippen LogP contribution in [0.25, 0.3) is 0 Å². The number of amides is 1. The molecule has 6 nitrogen and oxygen atoms in total. The van der Waals surface area contributed by atoms with Crippen molar-refractivity contribution in [1.82, 2.24) is 9.21 Å². The van der Waals surface area contributed by atoms with E-state index in [0.29, 0.717) is 18.8 Å². The van der Waals surface area contributed by atoms with E-state index >= 15 is 0 Å². The van der Waals surface area contributed by atoms with Crippen LogP contribution >= 0.6 is 0 Å². The zero-order chi connectivity index (χ0) is 16.9. The Morgan fingerprint density at radius 3 is 2.13 bits per heavy atom. The number of hydrogen-bond acceptors (Lipinski definition) is 3.